The van der Waals surface area contributed by atoms with E-state index in [1.165, 1.54) is 12.1 Å². The van der Waals surface area contributed by atoms with Crippen molar-refractivity contribution in [1.82, 2.24) is 10.2 Å². The highest BCUT2D eigenvalue weighted by Gasteiger charge is 2.31. The monoisotopic (exact) mass is 306 g/mol. The summed E-state index contributed by atoms with van der Waals surface area (Å²) in [6.45, 7) is 0.368. The number of benzene rings is 1. The van der Waals surface area contributed by atoms with Crippen LogP contribution in [-0.2, 0) is 4.79 Å². The van der Waals surface area contributed by atoms with Crippen LogP contribution >= 0.6 is 0 Å². The van der Waals surface area contributed by atoms with E-state index in [0.29, 0.717) is 10.5 Å². The number of aliphatic hydroxyl groups is 2. The summed E-state index contributed by atoms with van der Waals surface area (Å²) in [5.74, 6) is -1.93. The van der Waals surface area contributed by atoms with Crippen molar-refractivity contribution in [1.29, 1.82) is 0 Å². The molecule has 0 bridgehead atoms. The van der Waals surface area contributed by atoms with Gasteiger partial charge in [0.2, 0.25) is 6.41 Å². The zero-order valence-electron chi connectivity index (χ0n) is 11.7. The van der Waals surface area contributed by atoms with E-state index in [2.05, 4.69) is 5.32 Å². The molecule has 3 N–H and O–H groups in total. The first-order valence-electron chi connectivity index (χ1n) is 6.44. The minimum atomic E-state index is -1.08. The average molecular weight is 306 g/mol. The Morgan fingerprint density at radius 1 is 1.23 bits per heavy atom. The molecule has 1 aliphatic heterocycles. The average Bonchev–Trinajstić information content (AvgIpc) is 2.77. The van der Waals surface area contributed by atoms with Gasteiger partial charge in [-0.05, 0) is 24.6 Å². The fourth-order valence-corrected chi connectivity index (χ4v) is 2.22. The summed E-state index contributed by atoms with van der Waals surface area (Å²) in [6, 6.07) is 1.54. The van der Waals surface area contributed by atoms with Gasteiger partial charge in [0, 0.05) is 5.56 Å². The van der Waals surface area contributed by atoms with Crippen LogP contribution in [0.15, 0.2) is 12.1 Å². The number of nitrogens with one attached hydrogen (secondary N) is 1. The van der Waals surface area contributed by atoms with E-state index in [9.17, 15) is 19.2 Å². The van der Waals surface area contributed by atoms with Crippen LogP contribution in [0.5, 0.6) is 0 Å². The number of rotatable bonds is 5. The molecule has 0 spiro atoms. The Kier molecular flexibility index (Phi) is 4.34. The highest BCUT2D eigenvalue weighted by Crippen LogP contribution is 2.22. The molecule has 0 saturated heterocycles. The van der Waals surface area contributed by atoms with Crippen molar-refractivity contribution < 1.29 is 29.4 Å². The highest BCUT2D eigenvalue weighted by atomic mass is 16.3. The molecule has 1 aromatic carbocycles. The summed E-state index contributed by atoms with van der Waals surface area (Å²) in [5.41, 5.74) is 0.657. The lowest BCUT2D eigenvalue weighted by molar-refractivity contribution is -0.119. The number of carbonyl (C=O) groups excluding carboxylic acids is 4. The molecule has 4 amide bonds. The number of aryl methyl sites for hydroxylation is 1. The maximum absolute atomic E-state index is 12.4. The van der Waals surface area contributed by atoms with Gasteiger partial charge in [-0.1, -0.05) is 0 Å². The largest absolute Gasteiger partial charge is 0.394 e. The number of amides is 4. The molecule has 0 fully saturated rings. The number of aliphatic hydroxyl groups excluding tert-OH is 2. The second-order valence-electron chi connectivity index (χ2n) is 4.83. The number of carbonyl (C=O) groups is 4. The first-order chi connectivity index (χ1) is 10.4. The van der Waals surface area contributed by atoms with Gasteiger partial charge >= 0.3 is 0 Å². The van der Waals surface area contributed by atoms with Crippen molar-refractivity contribution in [2.45, 2.75) is 13.0 Å². The van der Waals surface area contributed by atoms with Gasteiger partial charge in [0.1, 0.15) is 0 Å². The van der Waals surface area contributed by atoms with Crippen molar-refractivity contribution in [2.75, 3.05) is 13.2 Å². The van der Waals surface area contributed by atoms with E-state index >= 15 is 0 Å². The minimum absolute atomic E-state index is 0.0441. The molecule has 0 aliphatic carbocycles. The van der Waals surface area contributed by atoms with E-state index in [1.54, 1.807) is 6.92 Å². The Morgan fingerprint density at radius 2 is 1.77 bits per heavy atom. The van der Waals surface area contributed by atoms with E-state index in [1.807, 2.05) is 0 Å². The third-order valence-corrected chi connectivity index (χ3v) is 3.47. The molecule has 0 unspecified atom stereocenters. The normalized spacial score (nSPS) is 13.1. The quantitative estimate of drug-likeness (QED) is 0.465. The number of hydrogen-bond acceptors (Lipinski definition) is 6. The Balaban J connectivity index is 2.47. The summed E-state index contributed by atoms with van der Waals surface area (Å²) < 4.78 is 0. The molecule has 1 aliphatic rings. The van der Waals surface area contributed by atoms with Gasteiger partial charge in [-0.25, -0.2) is 0 Å². The van der Waals surface area contributed by atoms with Crippen LogP contribution in [0.2, 0.25) is 0 Å². The lowest BCUT2D eigenvalue weighted by Gasteiger charge is -2.24. The van der Waals surface area contributed by atoms with Crippen molar-refractivity contribution in [2.24, 2.45) is 0 Å². The predicted octanol–water partition coefficient (Wildman–Crippen LogP) is -1.17. The fourth-order valence-electron chi connectivity index (χ4n) is 2.22. The summed E-state index contributed by atoms with van der Waals surface area (Å²) >= 11 is 0. The van der Waals surface area contributed by atoms with E-state index in [-0.39, 0.29) is 23.1 Å². The van der Waals surface area contributed by atoms with Crippen LogP contribution in [0.1, 0.15) is 36.6 Å². The molecule has 0 radical (unpaired) electrons. The Morgan fingerprint density at radius 3 is 2.27 bits per heavy atom. The molecule has 22 heavy (non-hydrogen) atoms. The van der Waals surface area contributed by atoms with Crippen LogP contribution in [-0.4, -0.2) is 58.5 Å². The second-order valence-corrected chi connectivity index (χ2v) is 4.83. The number of fused-ring (bicyclic) bond motifs is 1. The molecule has 8 nitrogen and oxygen atoms in total. The molecule has 0 aromatic heterocycles. The fraction of sp³-hybridized carbons (Fsp3) is 0.286. The van der Waals surface area contributed by atoms with Crippen LogP contribution in [0, 0.1) is 6.92 Å². The standard InChI is InChI=1S/C14H14N2O6/c1-7-2-10-11(13(21)15-12(10)20)3-9(7)14(22)16(6-19)8(4-17)5-18/h2-3,6,8,17-18H,4-5H2,1H3,(H,15,20,21). The summed E-state index contributed by atoms with van der Waals surface area (Å²) in [6.07, 6.45) is 0.206. The molecule has 1 heterocycles. The second kappa shape index (κ2) is 6.04. The molecule has 8 heteroatoms. The maximum atomic E-state index is 12.4. The van der Waals surface area contributed by atoms with Crippen molar-refractivity contribution in [3.8, 4) is 0 Å². The number of imide groups is 2. The first kappa shape index (κ1) is 15.8. The predicted molar refractivity (Wildman–Crippen MR) is 73.2 cm³/mol. The molecule has 1 aromatic rings. The van der Waals surface area contributed by atoms with Crippen LogP contribution in [0.4, 0.5) is 0 Å². The lowest BCUT2D eigenvalue weighted by atomic mass is 9.99. The first-order valence-corrected chi connectivity index (χ1v) is 6.44. The lowest BCUT2D eigenvalue weighted by Crippen LogP contribution is -2.44. The third kappa shape index (κ3) is 2.49. The maximum Gasteiger partial charge on any atom is 0.260 e. The van der Waals surface area contributed by atoms with Gasteiger partial charge in [-0.2, -0.15) is 0 Å². The SMILES string of the molecule is Cc1cc2c(cc1C(=O)N(C=O)C(CO)CO)C(=O)NC2=O. The van der Waals surface area contributed by atoms with Gasteiger partial charge in [0.15, 0.2) is 0 Å². The van der Waals surface area contributed by atoms with Crippen molar-refractivity contribution in [3.63, 3.8) is 0 Å². The topological polar surface area (TPSA) is 124 Å². The number of nitrogens with zero attached hydrogens (tertiary/aromatic N) is 1. The van der Waals surface area contributed by atoms with E-state index in [0.717, 1.165) is 0 Å². The van der Waals surface area contributed by atoms with Gasteiger partial charge in [-0.15, -0.1) is 0 Å². The Hall–Kier alpha value is -2.58. The van der Waals surface area contributed by atoms with Crippen LogP contribution in [0.25, 0.3) is 0 Å². The van der Waals surface area contributed by atoms with Gasteiger partial charge in [0.25, 0.3) is 17.7 Å². The van der Waals surface area contributed by atoms with E-state index < -0.39 is 37.0 Å². The molecule has 0 saturated carbocycles. The van der Waals surface area contributed by atoms with Crippen molar-refractivity contribution >= 4 is 24.1 Å². The van der Waals surface area contributed by atoms with Crippen molar-refractivity contribution in [3.05, 3.63) is 34.4 Å². The zero-order valence-corrected chi connectivity index (χ0v) is 11.7. The number of hydrogen-bond donors (Lipinski definition) is 3. The zero-order chi connectivity index (χ0) is 16.4. The third-order valence-electron chi connectivity index (χ3n) is 3.47. The van der Waals surface area contributed by atoms with Crippen LogP contribution in [0.3, 0.4) is 0 Å². The van der Waals surface area contributed by atoms with Gasteiger partial charge in [0.05, 0.1) is 30.4 Å². The highest BCUT2D eigenvalue weighted by molar-refractivity contribution is 6.22. The molecular weight excluding hydrogens is 292 g/mol. The summed E-state index contributed by atoms with van der Waals surface area (Å²) in [5, 5.41) is 20.3. The molecule has 0 atom stereocenters. The van der Waals surface area contributed by atoms with Gasteiger partial charge < -0.3 is 10.2 Å². The molecule has 116 valence electrons. The Bertz CT molecular complexity index is 666. The smallest absolute Gasteiger partial charge is 0.260 e. The van der Waals surface area contributed by atoms with E-state index in [4.69, 9.17) is 10.2 Å². The van der Waals surface area contributed by atoms with Gasteiger partial charge in [-0.3, -0.25) is 29.4 Å². The van der Waals surface area contributed by atoms with Crippen LogP contribution < -0.4 is 5.32 Å². The molecular formula is C14H14N2O6. The Labute approximate surface area is 125 Å². The minimum Gasteiger partial charge on any atom is -0.394 e. The summed E-state index contributed by atoms with van der Waals surface area (Å²) in [7, 11) is 0. The molecule has 2 rings (SSSR count). The summed E-state index contributed by atoms with van der Waals surface area (Å²) in [4.78, 5) is 47.3.